The predicted octanol–water partition coefficient (Wildman–Crippen LogP) is 2.21. The van der Waals surface area contributed by atoms with Crippen molar-refractivity contribution in [3.8, 4) is 0 Å². The minimum atomic E-state index is -0.665. The Kier molecular flexibility index (Phi) is 6.56. The van der Waals surface area contributed by atoms with E-state index >= 15 is 0 Å². The van der Waals surface area contributed by atoms with Crippen LogP contribution in [0.25, 0.3) is 0 Å². The van der Waals surface area contributed by atoms with Gasteiger partial charge in [-0.3, -0.25) is 9.59 Å². The topological polar surface area (TPSA) is 81.7 Å². The van der Waals surface area contributed by atoms with Crippen LogP contribution in [0.5, 0.6) is 0 Å². The van der Waals surface area contributed by atoms with E-state index < -0.39 is 12.0 Å². The second-order valence-electron chi connectivity index (χ2n) is 6.74. The summed E-state index contributed by atoms with van der Waals surface area (Å²) in [5, 5.41) is 2.60. The molecule has 6 nitrogen and oxygen atoms in total. The van der Waals surface area contributed by atoms with E-state index in [1.54, 1.807) is 0 Å². The molecule has 0 radical (unpaired) electrons. The molecule has 1 aliphatic rings. The summed E-state index contributed by atoms with van der Waals surface area (Å²) >= 11 is 0. The molecule has 0 saturated heterocycles. The highest BCUT2D eigenvalue weighted by Crippen LogP contribution is 2.32. The highest BCUT2D eigenvalue weighted by molar-refractivity contribution is 5.83. The predicted molar refractivity (Wildman–Crippen MR) is 91.3 cm³/mol. The lowest BCUT2D eigenvalue weighted by Gasteiger charge is -2.34. The molecule has 0 aliphatic heterocycles. The number of hydrogen-bond donors (Lipinski definition) is 1. The summed E-state index contributed by atoms with van der Waals surface area (Å²) in [6, 6.07) is 8.81. The number of amides is 1. The Balaban J connectivity index is 1.73. The van der Waals surface area contributed by atoms with Crippen LogP contribution >= 0.6 is 0 Å². The summed E-state index contributed by atoms with van der Waals surface area (Å²) < 4.78 is 10.7. The number of benzene rings is 1. The van der Waals surface area contributed by atoms with Gasteiger partial charge in [0.05, 0.1) is 5.92 Å². The SMILES string of the molecule is CC(=O)N[C@@H](C(=O)OC1CC(C(=O)OCc2ccccc2)C1)C(C)C. The van der Waals surface area contributed by atoms with Gasteiger partial charge < -0.3 is 14.8 Å². The molecule has 1 N–H and O–H groups in total. The molecule has 1 amide bonds. The van der Waals surface area contributed by atoms with Gasteiger partial charge in [0.15, 0.2) is 0 Å². The monoisotopic (exact) mass is 347 g/mol. The van der Waals surface area contributed by atoms with E-state index in [2.05, 4.69) is 5.32 Å². The van der Waals surface area contributed by atoms with Crippen molar-refractivity contribution in [2.24, 2.45) is 11.8 Å². The van der Waals surface area contributed by atoms with Crippen LogP contribution < -0.4 is 5.32 Å². The molecule has 1 aromatic carbocycles. The van der Waals surface area contributed by atoms with Gasteiger partial charge in [0.2, 0.25) is 5.91 Å². The summed E-state index contributed by atoms with van der Waals surface area (Å²) in [5.74, 6) is -1.29. The molecule has 0 heterocycles. The van der Waals surface area contributed by atoms with E-state index in [0.717, 1.165) is 5.56 Å². The van der Waals surface area contributed by atoms with Crippen LogP contribution in [0.15, 0.2) is 30.3 Å². The third kappa shape index (κ3) is 5.59. The van der Waals surface area contributed by atoms with Gasteiger partial charge in [-0.15, -0.1) is 0 Å². The maximum absolute atomic E-state index is 12.2. The lowest BCUT2D eigenvalue weighted by molar-refractivity contribution is -0.170. The average Bonchev–Trinajstić information content (AvgIpc) is 2.53. The minimum absolute atomic E-state index is 0.0666. The summed E-state index contributed by atoms with van der Waals surface area (Å²) in [5.41, 5.74) is 0.938. The van der Waals surface area contributed by atoms with E-state index in [1.165, 1.54) is 6.92 Å². The van der Waals surface area contributed by atoms with Crippen molar-refractivity contribution < 1.29 is 23.9 Å². The molecule has 1 fully saturated rings. The van der Waals surface area contributed by atoms with E-state index in [0.29, 0.717) is 12.8 Å². The van der Waals surface area contributed by atoms with Crippen LogP contribution in [0.4, 0.5) is 0 Å². The van der Waals surface area contributed by atoms with Crippen LogP contribution in [-0.4, -0.2) is 30.0 Å². The van der Waals surface area contributed by atoms with E-state index in [4.69, 9.17) is 9.47 Å². The van der Waals surface area contributed by atoms with Gasteiger partial charge >= 0.3 is 11.9 Å². The molecule has 25 heavy (non-hydrogen) atoms. The molecule has 136 valence electrons. The smallest absolute Gasteiger partial charge is 0.329 e. The van der Waals surface area contributed by atoms with Crippen molar-refractivity contribution >= 4 is 17.8 Å². The molecule has 0 aromatic heterocycles. The van der Waals surface area contributed by atoms with E-state index in [-0.39, 0.29) is 36.4 Å². The number of nitrogens with one attached hydrogen (secondary N) is 1. The zero-order valence-electron chi connectivity index (χ0n) is 14.9. The zero-order valence-corrected chi connectivity index (χ0v) is 14.9. The summed E-state index contributed by atoms with van der Waals surface area (Å²) in [6.45, 7) is 5.29. The number of carbonyl (C=O) groups is 3. The number of hydrogen-bond acceptors (Lipinski definition) is 5. The fourth-order valence-electron chi connectivity index (χ4n) is 2.66. The Morgan fingerprint density at radius 2 is 1.80 bits per heavy atom. The Morgan fingerprint density at radius 1 is 1.16 bits per heavy atom. The van der Waals surface area contributed by atoms with Gasteiger partial charge in [-0.05, 0) is 24.3 Å². The largest absolute Gasteiger partial charge is 0.461 e. The second-order valence-corrected chi connectivity index (χ2v) is 6.74. The first-order chi connectivity index (χ1) is 11.9. The molecule has 1 saturated carbocycles. The Hall–Kier alpha value is -2.37. The Morgan fingerprint density at radius 3 is 2.36 bits per heavy atom. The van der Waals surface area contributed by atoms with Gasteiger partial charge in [0, 0.05) is 6.92 Å². The fourth-order valence-corrected chi connectivity index (χ4v) is 2.66. The fraction of sp³-hybridized carbons (Fsp3) is 0.526. The molecule has 2 rings (SSSR count). The first-order valence-electron chi connectivity index (χ1n) is 8.55. The van der Waals surface area contributed by atoms with Gasteiger partial charge in [0.1, 0.15) is 18.8 Å². The van der Waals surface area contributed by atoms with Crippen LogP contribution in [0.2, 0.25) is 0 Å². The van der Waals surface area contributed by atoms with Gasteiger partial charge in [-0.2, -0.15) is 0 Å². The average molecular weight is 347 g/mol. The maximum atomic E-state index is 12.2. The number of esters is 2. The van der Waals surface area contributed by atoms with Gasteiger partial charge in [-0.25, -0.2) is 4.79 Å². The van der Waals surface area contributed by atoms with Crippen LogP contribution in [0, 0.1) is 11.8 Å². The molecule has 1 aliphatic carbocycles. The van der Waals surface area contributed by atoms with Crippen molar-refractivity contribution in [1.29, 1.82) is 0 Å². The normalized spacial score (nSPS) is 20.3. The van der Waals surface area contributed by atoms with E-state index in [1.807, 2.05) is 44.2 Å². The number of ether oxygens (including phenoxy) is 2. The molecule has 0 bridgehead atoms. The van der Waals surface area contributed by atoms with Crippen LogP contribution in [0.1, 0.15) is 39.2 Å². The molecular weight excluding hydrogens is 322 g/mol. The van der Waals surface area contributed by atoms with Gasteiger partial charge in [0.25, 0.3) is 0 Å². The molecule has 0 spiro atoms. The van der Waals surface area contributed by atoms with Crippen molar-refractivity contribution in [2.45, 2.75) is 52.4 Å². The van der Waals surface area contributed by atoms with Crippen molar-refractivity contribution in [3.05, 3.63) is 35.9 Å². The number of rotatable bonds is 7. The first kappa shape index (κ1) is 19.0. The number of carbonyl (C=O) groups excluding carboxylic acids is 3. The zero-order chi connectivity index (χ0) is 18.4. The summed E-state index contributed by atoms with van der Waals surface area (Å²) in [7, 11) is 0. The summed E-state index contributed by atoms with van der Waals surface area (Å²) in [6.07, 6.45) is 0.630. The standard InChI is InChI=1S/C19H25NO5/c1-12(2)17(20-13(3)21)19(23)25-16-9-15(10-16)18(22)24-11-14-7-5-4-6-8-14/h4-8,12,15-17H,9-11H2,1-3H3,(H,20,21)/t15?,16?,17-/m1/s1. The third-order valence-corrected chi connectivity index (χ3v) is 4.21. The van der Waals surface area contributed by atoms with Gasteiger partial charge in [-0.1, -0.05) is 44.2 Å². The second kappa shape index (κ2) is 8.65. The Bertz CT molecular complexity index is 608. The minimum Gasteiger partial charge on any atom is -0.461 e. The van der Waals surface area contributed by atoms with Crippen molar-refractivity contribution in [3.63, 3.8) is 0 Å². The first-order valence-corrected chi connectivity index (χ1v) is 8.55. The quantitative estimate of drug-likeness (QED) is 0.765. The van der Waals surface area contributed by atoms with Crippen molar-refractivity contribution in [2.75, 3.05) is 0 Å². The molecule has 1 aromatic rings. The highest BCUT2D eigenvalue weighted by atomic mass is 16.6. The molecular formula is C19H25NO5. The van der Waals surface area contributed by atoms with Crippen LogP contribution in [0.3, 0.4) is 0 Å². The lowest BCUT2D eigenvalue weighted by Crippen LogP contribution is -2.47. The summed E-state index contributed by atoms with van der Waals surface area (Å²) in [4.78, 5) is 35.3. The third-order valence-electron chi connectivity index (χ3n) is 4.21. The molecule has 1 atom stereocenters. The van der Waals surface area contributed by atoms with Crippen LogP contribution in [-0.2, 0) is 30.5 Å². The Labute approximate surface area is 147 Å². The van der Waals surface area contributed by atoms with Crippen molar-refractivity contribution in [1.82, 2.24) is 5.32 Å². The maximum Gasteiger partial charge on any atom is 0.329 e. The highest BCUT2D eigenvalue weighted by Gasteiger charge is 2.39. The molecule has 0 unspecified atom stereocenters. The molecule has 6 heteroatoms. The van der Waals surface area contributed by atoms with E-state index in [9.17, 15) is 14.4 Å². The lowest BCUT2D eigenvalue weighted by atomic mass is 9.82.